The predicted octanol–water partition coefficient (Wildman–Crippen LogP) is 4.01. The van der Waals surface area contributed by atoms with Crippen LogP contribution in [0.25, 0.3) is 0 Å². The second kappa shape index (κ2) is 8.39. The second-order valence-corrected chi connectivity index (χ2v) is 5.30. The second-order valence-electron chi connectivity index (χ2n) is 4.51. The van der Waals surface area contributed by atoms with E-state index in [1.165, 1.54) is 13.1 Å². The molecular weight excluding hydrogens is 355 g/mol. The maximum absolute atomic E-state index is 11.5. The molecule has 0 aliphatic carbocycles. The molecule has 2 rings (SSSR count). The van der Waals surface area contributed by atoms with Gasteiger partial charge in [0.05, 0.1) is 5.02 Å². The minimum atomic E-state index is -0.839. The third-order valence-corrected chi connectivity index (χ3v) is 3.55. The zero-order valence-corrected chi connectivity index (χ0v) is 14.0. The van der Waals surface area contributed by atoms with Crippen molar-refractivity contribution in [3.05, 3.63) is 46.6 Å². The van der Waals surface area contributed by atoms with Crippen molar-refractivity contribution in [2.24, 2.45) is 0 Å². The maximum atomic E-state index is 11.5. The smallest absolute Gasteiger partial charge is 0.348 e. The first-order valence-electron chi connectivity index (χ1n) is 6.79. The average molecular weight is 367 g/mol. The number of benzene rings is 1. The van der Waals surface area contributed by atoms with Crippen LogP contribution in [0.3, 0.4) is 0 Å². The first-order valence-corrected chi connectivity index (χ1v) is 7.55. The van der Waals surface area contributed by atoms with E-state index in [0.717, 1.165) is 0 Å². The Morgan fingerprint density at radius 1 is 1.25 bits per heavy atom. The zero-order chi connectivity index (χ0) is 17.5. The average Bonchev–Trinajstić information content (AvgIpc) is 2.58. The summed E-state index contributed by atoms with van der Waals surface area (Å²) >= 11 is 11.9. The Bertz CT molecular complexity index is 760. The number of ether oxygens (including phenoxy) is 3. The van der Waals surface area contributed by atoms with Crippen LogP contribution in [0.1, 0.15) is 6.92 Å². The van der Waals surface area contributed by atoms with Crippen LogP contribution in [0.15, 0.2) is 36.5 Å². The summed E-state index contributed by atoms with van der Waals surface area (Å²) in [6.07, 6.45) is 0.643. The summed E-state index contributed by atoms with van der Waals surface area (Å²) in [6, 6.07) is 9.75. The van der Waals surface area contributed by atoms with Crippen LogP contribution in [-0.4, -0.2) is 23.7 Å². The highest BCUT2D eigenvalue weighted by molar-refractivity contribution is 6.42. The molecule has 0 amide bonds. The van der Waals surface area contributed by atoms with Crippen LogP contribution in [0, 0.1) is 11.3 Å². The van der Waals surface area contributed by atoms with Gasteiger partial charge in [-0.25, -0.2) is 9.78 Å². The normalized spacial score (nSPS) is 11.2. The number of halogens is 2. The van der Waals surface area contributed by atoms with Crippen LogP contribution in [0.2, 0.25) is 10.0 Å². The zero-order valence-electron chi connectivity index (χ0n) is 12.5. The number of hydrogen-bond acceptors (Lipinski definition) is 6. The molecule has 1 heterocycles. The van der Waals surface area contributed by atoms with Gasteiger partial charge < -0.3 is 14.2 Å². The van der Waals surface area contributed by atoms with Gasteiger partial charge in [-0.1, -0.05) is 23.2 Å². The topological polar surface area (TPSA) is 81.4 Å². The van der Waals surface area contributed by atoms with E-state index in [0.29, 0.717) is 16.5 Å². The molecule has 1 unspecified atom stereocenters. The van der Waals surface area contributed by atoms with Gasteiger partial charge in [0.1, 0.15) is 22.6 Å². The maximum Gasteiger partial charge on any atom is 0.348 e. The number of rotatable bonds is 6. The van der Waals surface area contributed by atoms with Crippen molar-refractivity contribution in [1.82, 2.24) is 4.98 Å². The molecule has 0 fully saturated rings. The summed E-state index contributed by atoms with van der Waals surface area (Å²) < 4.78 is 15.6. The van der Waals surface area contributed by atoms with Crippen molar-refractivity contribution in [1.29, 1.82) is 5.26 Å². The van der Waals surface area contributed by atoms with E-state index in [4.69, 9.17) is 37.9 Å². The summed E-state index contributed by atoms with van der Waals surface area (Å²) in [4.78, 5) is 15.5. The molecule has 0 spiro atoms. The summed E-state index contributed by atoms with van der Waals surface area (Å²) in [5.41, 5.74) is 0. The van der Waals surface area contributed by atoms with E-state index in [-0.39, 0.29) is 17.5 Å². The third kappa shape index (κ3) is 4.75. The molecule has 1 atom stereocenters. The molecule has 2 aromatic rings. The summed E-state index contributed by atoms with van der Waals surface area (Å²) in [6.45, 7) is 1.21. The highest BCUT2D eigenvalue weighted by Crippen LogP contribution is 2.33. The Balaban J connectivity index is 1.99. The molecule has 0 radical (unpaired) electrons. The Hall–Kier alpha value is -2.49. The van der Waals surface area contributed by atoms with E-state index in [2.05, 4.69) is 9.72 Å². The van der Waals surface area contributed by atoms with E-state index in [9.17, 15) is 4.79 Å². The van der Waals surface area contributed by atoms with Crippen LogP contribution < -0.4 is 9.47 Å². The molecule has 0 bridgehead atoms. The molecule has 0 aliphatic rings. The summed E-state index contributed by atoms with van der Waals surface area (Å²) in [5.74, 6) is 0.478. The molecule has 0 saturated carbocycles. The fourth-order valence-electron chi connectivity index (χ4n) is 1.64. The minimum absolute atomic E-state index is 0.186. The monoisotopic (exact) mass is 366 g/mol. The van der Waals surface area contributed by atoms with Gasteiger partial charge in [-0.05, 0) is 37.3 Å². The van der Waals surface area contributed by atoms with Gasteiger partial charge in [0.15, 0.2) is 12.7 Å². The Kier molecular flexibility index (Phi) is 6.24. The number of nitrogens with zero attached hydrogens (tertiary/aromatic N) is 2. The fourth-order valence-corrected chi connectivity index (χ4v) is 1.93. The lowest BCUT2D eigenvalue weighted by atomic mass is 10.3. The Labute approximate surface area is 148 Å². The van der Waals surface area contributed by atoms with Crippen LogP contribution in [-0.2, 0) is 9.53 Å². The SMILES string of the molecule is CC(Oc1ccc(Oc2nccc(Cl)c2Cl)cc1)C(=O)OCC#N. The highest BCUT2D eigenvalue weighted by atomic mass is 35.5. The van der Waals surface area contributed by atoms with Crippen LogP contribution in [0.5, 0.6) is 17.4 Å². The quantitative estimate of drug-likeness (QED) is 0.718. The number of nitriles is 1. The Morgan fingerprint density at radius 2 is 1.92 bits per heavy atom. The molecule has 8 heteroatoms. The van der Waals surface area contributed by atoms with Gasteiger partial charge in [-0.2, -0.15) is 5.26 Å². The van der Waals surface area contributed by atoms with Gasteiger partial charge in [0.2, 0.25) is 5.88 Å². The molecule has 124 valence electrons. The number of pyridine rings is 1. The van der Waals surface area contributed by atoms with E-state index < -0.39 is 12.1 Å². The van der Waals surface area contributed by atoms with Gasteiger partial charge in [0.25, 0.3) is 0 Å². The molecule has 0 aliphatic heterocycles. The van der Waals surface area contributed by atoms with Gasteiger partial charge in [-0.15, -0.1) is 0 Å². The van der Waals surface area contributed by atoms with E-state index in [1.807, 2.05) is 0 Å². The molecule has 6 nitrogen and oxygen atoms in total. The van der Waals surface area contributed by atoms with Gasteiger partial charge >= 0.3 is 5.97 Å². The lowest BCUT2D eigenvalue weighted by molar-refractivity contribution is -0.149. The molecule has 1 aromatic heterocycles. The van der Waals surface area contributed by atoms with Crippen molar-refractivity contribution < 1.29 is 19.0 Å². The number of aromatic nitrogens is 1. The van der Waals surface area contributed by atoms with Gasteiger partial charge in [-0.3, -0.25) is 0 Å². The van der Waals surface area contributed by atoms with Crippen molar-refractivity contribution in [2.45, 2.75) is 13.0 Å². The number of esters is 1. The van der Waals surface area contributed by atoms with Crippen molar-refractivity contribution >= 4 is 29.2 Å². The number of carbonyl (C=O) groups is 1. The van der Waals surface area contributed by atoms with Crippen molar-refractivity contribution in [2.75, 3.05) is 6.61 Å². The first kappa shape index (κ1) is 17.9. The largest absolute Gasteiger partial charge is 0.479 e. The van der Waals surface area contributed by atoms with Crippen LogP contribution in [0.4, 0.5) is 0 Å². The molecule has 0 saturated heterocycles. The fraction of sp³-hybridized carbons (Fsp3) is 0.188. The summed E-state index contributed by atoms with van der Waals surface area (Å²) in [5, 5.41) is 8.93. The molecule has 24 heavy (non-hydrogen) atoms. The van der Waals surface area contributed by atoms with Gasteiger partial charge in [0, 0.05) is 6.20 Å². The lowest BCUT2D eigenvalue weighted by Gasteiger charge is -2.13. The highest BCUT2D eigenvalue weighted by Gasteiger charge is 2.16. The lowest BCUT2D eigenvalue weighted by Crippen LogP contribution is -2.26. The standard InChI is InChI=1S/C16H12Cl2N2O4/c1-10(16(21)22-9-7-19)23-11-2-4-12(5-3-11)24-15-14(18)13(17)6-8-20-15/h2-6,8,10H,9H2,1H3. The molecule has 0 N–H and O–H groups in total. The van der Waals surface area contributed by atoms with Crippen molar-refractivity contribution in [3.8, 4) is 23.4 Å². The third-order valence-electron chi connectivity index (χ3n) is 2.77. The molecule has 1 aromatic carbocycles. The first-order chi connectivity index (χ1) is 11.5. The number of carbonyl (C=O) groups excluding carboxylic acids is 1. The Morgan fingerprint density at radius 3 is 2.58 bits per heavy atom. The van der Waals surface area contributed by atoms with Crippen LogP contribution >= 0.6 is 23.2 Å². The molecular formula is C16H12Cl2N2O4. The predicted molar refractivity (Wildman–Crippen MR) is 87.4 cm³/mol. The minimum Gasteiger partial charge on any atom is -0.479 e. The van der Waals surface area contributed by atoms with E-state index in [1.54, 1.807) is 36.4 Å². The summed E-state index contributed by atoms with van der Waals surface area (Å²) in [7, 11) is 0. The number of hydrogen-bond donors (Lipinski definition) is 0. The van der Waals surface area contributed by atoms with Crippen molar-refractivity contribution in [3.63, 3.8) is 0 Å². The van der Waals surface area contributed by atoms with E-state index >= 15 is 0 Å².